The molecular weight excluding hydrogens is 345 g/mol. The summed E-state index contributed by atoms with van der Waals surface area (Å²) < 4.78 is 72.4. The van der Waals surface area contributed by atoms with Crippen LogP contribution in [0.2, 0.25) is 0 Å². The second-order valence-electron chi connectivity index (χ2n) is 5.63. The summed E-state index contributed by atoms with van der Waals surface area (Å²) in [5.41, 5.74) is 0.0722. The first-order chi connectivity index (χ1) is 11.9. The number of amides is 1. The highest BCUT2D eigenvalue weighted by Crippen LogP contribution is 2.31. The highest BCUT2D eigenvalue weighted by Gasteiger charge is 2.32. The summed E-state index contributed by atoms with van der Waals surface area (Å²) in [7, 11) is 0. The maximum absolute atomic E-state index is 13.8. The number of carbonyl (C=O) groups excluding carboxylic acids is 1. The third-order valence-electron chi connectivity index (χ3n) is 3.64. The van der Waals surface area contributed by atoms with Gasteiger partial charge in [0.1, 0.15) is 5.82 Å². The highest BCUT2D eigenvalue weighted by atomic mass is 19.2. The van der Waals surface area contributed by atoms with Crippen molar-refractivity contribution < 1.29 is 31.5 Å². The molecule has 1 fully saturated rings. The van der Waals surface area contributed by atoms with Crippen LogP contribution in [0.4, 0.5) is 22.0 Å². The molecule has 0 heterocycles. The smallest absolute Gasteiger partial charge is 0.266 e. The van der Waals surface area contributed by atoms with Gasteiger partial charge >= 0.3 is 0 Å². The Labute approximate surface area is 139 Å². The zero-order valence-electron chi connectivity index (χ0n) is 12.7. The summed E-state index contributed by atoms with van der Waals surface area (Å²) in [4.78, 5) is 12.3. The van der Waals surface area contributed by atoms with E-state index >= 15 is 0 Å². The van der Waals surface area contributed by atoms with E-state index < -0.39 is 46.8 Å². The van der Waals surface area contributed by atoms with Crippen LogP contribution in [0.25, 0.3) is 0 Å². The van der Waals surface area contributed by atoms with Gasteiger partial charge in [-0.25, -0.2) is 13.2 Å². The average molecular weight is 357 g/mol. The fraction of sp³-hybridized carbons (Fsp3) is 0.235. The van der Waals surface area contributed by atoms with E-state index in [1.807, 2.05) is 0 Å². The monoisotopic (exact) mass is 357 g/mol. The minimum absolute atomic E-state index is 0.0364. The van der Waals surface area contributed by atoms with Crippen LogP contribution in [0.5, 0.6) is 5.75 Å². The normalized spacial score (nSPS) is 14.9. The molecule has 8 heteroatoms. The van der Waals surface area contributed by atoms with Crippen molar-refractivity contribution in [3.05, 3.63) is 65.0 Å². The molecule has 25 heavy (non-hydrogen) atoms. The van der Waals surface area contributed by atoms with Gasteiger partial charge in [-0.3, -0.25) is 4.79 Å². The van der Waals surface area contributed by atoms with Gasteiger partial charge in [-0.05, 0) is 25.0 Å². The van der Waals surface area contributed by atoms with E-state index in [1.54, 1.807) is 0 Å². The SMILES string of the molecule is O=C(NC1CC1)[C@H](Oc1c(F)c(F)cc(F)c1F)c1ccc(F)cc1. The van der Waals surface area contributed by atoms with Crippen molar-refractivity contribution in [3.8, 4) is 5.75 Å². The van der Waals surface area contributed by atoms with Crippen molar-refractivity contribution in [1.82, 2.24) is 5.32 Å². The molecule has 1 N–H and O–H groups in total. The minimum atomic E-state index is -1.76. The maximum Gasteiger partial charge on any atom is 0.266 e. The molecule has 0 bridgehead atoms. The molecule has 1 atom stereocenters. The first-order valence-corrected chi connectivity index (χ1v) is 7.42. The number of halogens is 5. The second kappa shape index (κ2) is 6.70. The molecule has 0 radical (unpaired) electrons. The van der Waals surface area contributed by atoms with E-state index in [4.69, 9.17) is 4.74 Å². The molecule has 1 aliphatic carbocycles. The van der Waals surface area contributed by atoms with Crippen LogP contribution in [-0.2, 0) is 4.79 Å². The molecule has 2 aromatic rings. The Morgan fingerprint density at radius 3 is 2.08 bits per heavy atom. The Morgan fingerprint density at radius 2 is 1.56 bits per heavy atom. The number of hydrogen-bond acceptors (Lipinski definition) is 2. The zero-order chi connectivity index (χ0) is 18.1. The van der Waals surface area contributed by atoms with Crippen LogP contribution in [0.1, 0.15) is 24.5 Å². The predicted molar refractivity (Wildman–Crippen MR) is 77.2 cm³/mol. The maximum atomic E-state index is 13.8. The van der Waals surface area contributed by atoms with Crippen LogP contribution in [0.15, 0.2) is 30.3 Å². The molecule has 3 nitrogen and oxygen atoms in total. The number of ether oxygens (including phenoxy) is 1. The lowest BCUT2D eigenvalue weighted by Crippen LogP contribution is -2.34. The van der Waals surface area contributed by atoms with Gasteiger partial charge in [-0.2, -0.15) is 8.78 Å². The van der Waals surface area contributed by atoms with Gasteiger partial charge in [-0.1, -0.05) is 12.1 Å². The van der Waals surface area contributed by atoms with Gasteiger partial charge in [-0.15, -0.1) is 0 Å². The number of benzene rings is 2. The largest absolute Gasteiger partial charge is 0.469 e. The van der Waals surface area contributed by atoms with Gasteiger partial charge in [0.15, 0.2) is 17.4 Å². The van der Waals surface area contributed by atoms with Gasteiger partial charge in [0.25, 0.3) is 5.91 Å². The van der Waals surface area contributed by atoms with Crippen molar-refractivity contribution in [2.45, 2.75) is 25.0 Å². The summed E-state index contributed by atoms with van der Waals surface area (Å²) in [5, 5.41) is 2.57. The highest BCUT2D eigenvalue weighted by molar-refractivity contribution is 5.83. The van der Waals surface area contributed by atoms with Crippen molar-refractivity contribution in [2.75, 3.05) is 0 Å². The van der Waals surface area contributed by atoms with E-state index in [2.05, 4.69) is 5.32 Å². The van der Waals surface area contributed by atoms with Crippen LogP contribution < -0.4 is 10.1 Å². The van der Waals surface area contributed by atoms with E-state index in [1.165, 1.54) is 12.1 Å². The molecular formula is C17H12F5NO2. The molecule has 1 amide bonds. The van der Waals surface area contributed by atoms with Crippen LogP contribution in [-0.4, -0.2) is 11.9 Å². The zero-order valence-corrected chi connectivity index (χ0v) is 12.7. The van der Waals surface area contributed by atoms with Crippen LogP contribution in [0.3, 0.4) is 0 Å². The summed E-state index contributed by atoms with van der Waals surface area (Å²) >= 11 is 0. The molecule has 0 unspecified atom stereocenters. The van der Waals surface area contributed by atoms with Gasteiger partial charge in [0.05, 0.1) is 0 Å². The molecule has 132 valence electrons. The number of carbonyl (C=O) groups is 1. The number of hydrogen-bond donors (Lipinski definition) is 1. The molecule has 3 rings (SSSR count). The van der Waals surface area contributed by atoms with Crippen molar-refractivity contribution in [1.29, 1.82) is 0 Å². The van der Waals surface area contributed by atoms with Crippen molar-refractivity contribution in [3.63, 3.8) is 0 Å². The quantitative estimate of drug-likeness (QED) is 0.653. The lowest BCUT2D eigenvalue weighted by atomic mass is 10.1. The fourth-order valence-electron chi connectivity index (χ4n) is 2.19. The Kier molecular flexibility index (Phi) is 4.61. The van der Waals surface area contributed by atoms with E-state index in [0.717, 1.165) is 25.0 Å². The molecule has 2 aromatic carbocycles. The van der Waals surface area contributed by atoms with Crippen LogP contribution in [0, 0.1) is 29.1 Å². The lowest BCUT2D eigenvalue weighted by Gasteiger charge is -2.20. The van der Waals surface area contributed by atoms with E-state index in [-0.39, 0.29) is 17.7 Å². The molecule has 1 saturated carbocycles. The van der Waals surface area contributed by atoms with Crippen LogP contribution >= 0.6 is 0 Å². The molecule has 1 aliphatic rings. The second-order valence-corrected chi connectivity index (χ2v) is 5.63. The Morgan fingerprint density at radius 1 is 1.00 bits per heavy atom. The first kappa shape index (κ1) is 17.2. The minimum Gasteiger partial charge on any atom is -0.469 e. The Bertz CT molecular complexity index is 779. The van der Waals surface area contributed by atoms with Gasteiger partial charge in [0, 0.05) is 17.7 Å². The summed E-state index contributed by atoms with van der Waals surface area (Å²) in [5.74, 6) is -9.53. The third kappa shape index (κ3) is 3.72. The standard InChI is InChI=1S/C17H12F5NO2/c18-9-3-1-8(2-4-9)15(17(24)23-10-5-6-10)25-16-13(21)11(19)7-12(20)14(16)22/h1-4,7,10,15H,5-6H2,(H,23,24)/t15-/m1/s1. The molecule has 0 spiro atoms. The van der Waals surface area contributed by atoms with Gasteiger partial charge < -0.3 is 10.1 Å². The number of nitrogens with one attached hydrogen (secondary N) is 1. The predicted octanol–water partition coefficient (Wildman–Crippen LogP) is 3.78. The van der Waals surface area contributed by atoms with Gasteiger partial charge in [0.2, 0.25) is 17.7 Å². The van der Waals surface area contributed by atoms with E-state index in [9.17, 15) is 26.7 Å². The Hall–Kier alpha value is -2.64. The molecule has 0 aromatic heterocycles. The van der Waals surface area contributed by atoms with Crippen molar-refractivity contribution in [2.24, 2.45) is 0 Å². The lowest BCUT2D eigenvalue weighted by molar-refractivity contribution is -0.128. The summed E-state index contributed by atoms with van der Waals surface area (Å²) in [6.07, 6.45) is -0.135. The molecule has 0 aliphatic heterocycles. The third-order valence-corrected chi connectivity index (χ3v) is 3.64. The van der Waals surface area contributed by atoms with E-state index in [0.29, 0.717) is 0 Å². The summed E-state index contributed by atoms with van der Waals surface area (Å²) in [6, 6.07) is 4.34. The molecule has 0 saturated heterocycles. The average Bonchev–Trinajstić information content (AvgIpc) is 3.38. The topological polar surface area (TPSA) is 38.3 Å². The fourth-order valence-corrected chi connectivity index (χ4v) is 2.19. The first-order valence-electron chi connectivity index (χ1n) is 7.42. The Balaban J connectivity index is 1.97. The van der Waals surface area contributed by atoms with Crippen molar-refractivity contribution >= 4 is 5.91 Å². The number of rotatable bonds is 5. The summed E-state index contributed by atoms with van der Waals surface area (Å²) in [6.45, 7) is 0.